The lowest BCUT2D eigenvalue weighted by atomic mass is 9.98. The molecule has 5 heteroatoms. The molecule has 1 heterocycles. The number of benzene rings is 1. The van der Waals surface area contributed by atoms with Crippen LogP contribution in [-0.4, -0.2) is 23.2 Å². The van der Waals surface area contributed by atoms with Gasteiger partial charge in [-0.05, 0) is 17.2 Å². The molecule has 4 nitrogen and oxygen atoms in total. The summed E-state index contributed by atoms with van der Waals surface area (Å²) >= 11 is 1.44. The topological polar surface area (TPSA) is 59.4 Å². The Bertz CT molecular complexity index is 656. The van der Waals surface area contributed by atoms with Crippen LogP contribution < -0.4 is 0 Å². The van der Waals surface area contributed by atoms with Crippen molar-refractivity contribution in [3.63, 3.8) is 0 Å². The second-order valence-corrected chi connectivity index (χ2v) is 6.88. The van der Waals surface area contributed by atoms with Gasteiger partial charge in [0, 0.05) is 12.5 Å². The van der Waals surface area contributed by atoms with Gasteiger partial charge in [0.1, 0.15) is 0 Å². The number of carbonyl (C=O) groups is 1. The fraction of sp³-hybridized carbons (Fsp3) is 0.375. The number of hydrogen-bond donors (Lipinski definition) is 1. The number of ether oxygens (including phenoxy) is 1. The highest BCUT2D eigenvalue weighted by Gasteiger charge is 2.25. The molecule has 0 fully saturated rings. The summed E-state index contributed by atoms with van der Waals surface area (Å²) in [6, 6.07) is 7.73. The lowest BCUT2D eigenvalue weighted by Gasteiger charge is -2.13. The molecule has 0 atom stereocenters. The Hall–Kier alpha value is -1.72. The lowest BCUT2D eigenvalue weighted by Crippen LogP contribution is -2.11. The summed E-state index contributed by atoms with van der Waals surface area (Å²) in [4.78, 5) is 16.5. The van der Waals surface area contributed by atoms with Crippen molar-refractivity contribution >= 4 is 17.3 Å². The summed E-state index contributed by atoms with van der Waals surface area (Å²) in [5, 5.41) is 10.2. The molecular formula is C16H19NO3S. The van der Waals surface area contributed by atoms with Gasteiger partial charge in [-0.1, -0.05) is 39.0 Å². The minimum atomic E-state index is -0.992. The highest BCUT2D eigenvalue weighted by molar-refractivity contribution is 7.15. The van der Waals surface area contributed by atoms with Crippen LogP contribution in [-0.2, 0) is 16.8 Å². The number of thiazole rings is 1. The predicted octanol–water partition coefficient (Wildman–Crippen LogP) is 3.95. The highest BCUT2D eigenvalue weighted by atomic mass is 32.1. The van der Waals surface area contributed by atoms with Crippen molar-refractivity contribution in [2.45, 2.75) is 32.8 Å². The smallest absolute Gasteiger partial charge is 0.356 e. The van der Waals surface area contributed by atoms with Crippen LogP contribution in [0.15, 0.2) is 24.3 Å². The molecule has 0 aliphatic carbocycles. The number of aromatic carboxylic acids is 1. The van der Waals surface area contributed by atoms with E-state index in [1.807, 2.05) is 45.0 Å². The molecule has 0 bridgehead atoms. The van der Waals surface area contributed by atoms with Gasteiger partial charge in [0.05, 0.1) is 16.5 Å². The quantitative estimate of drug-likeness (QED) is 0.929. The Balaban J connectivity index is 2.54. The largest absolute Gasteiger partial charge is 0.476 e. The molecule has 0 unspecified atom stereocenters. The average Bonchev–Trinajstić information content (AvgIpc) is 2.84. The van der Waals surface area contributed by atoms with Crippen molar-refractivity contribution in [1.82, 2.24) is 4.98 Å². The predicted molar refractivity (Wildman–Crippen MR) is 83.9 cm³/mol. The molecule has 0 saturated carbocycles. The first-order valence-corrected chi connectivity index (χ1v) is 7.47. The number of aromatic nitrogens is 1. The maximum atomic E-state index is 11.5. The van der Waals surface area contributed by atoms with E-state index >= 15 is 0 Å². The molecule has 1 N–H and O–H groups in total. The number of methoxy groups -OCH3 is 1. The van der Waals surface area contributed by atoms with Gasteiger partial charge in [-0.25, -0.2) is 9.78 Å². The van der Waals surface area contributed by atoms with Gasteiger partial charge in [-0.15, -0.1) is 11.3 Å². The van der Waals surface area contributed by atoms with Gasteiger partial charge in [0.25, 0.3) is 0 Å². The summed E-state index contributed by atoms with van der Waals surface area (Å²) in [6.45, 7) is 6.59. The van der Waals surface area contributed by atoms with E-state index in [1.54, 1.807) is 7.11 Å². The summed E-state index contributed by atoms with van der Waals surface area (Å²) in [5.74, 6) is -0.992. The van der Waals surface area contributed by atoms with Crippen molar-refractivity contribution in [2.75, 3.05) is 7.11 Å². The average molecular weight is 305 g/mol. The van der Waals surface area contributed by atoms with Crippen molar-refractivity contribution in [3.05, 3.63) is 40.5 Å². The van der Waals surface area contributed by atoms with E-state index in [0.717, 1.165) is 16.1 Å². The minimum absolute atomic E-state index is 0.125. The van der Waals surface area contributed by atoms with E-state index in [1.165, 1.54) is 11.3 Å². The summed E-state index contributed by atoms with van der Waals surface area (Å²) in [6.07, 6.45) is 0. The Kier molecular flexibility index (Phi) is 4.44. The molecule has 0 amide bonds. The maximum Gasteiger partial charge on any atom is 0.356 e. The second kappa shape index (κ2) is 5.95. The van der Waals surface area contributed by atoms with E-state index in [-0.39, 0.29) is 11.1 Å². The van der Waals surface area contributed by atoms with E-state index in [2.05, 4.69) is 4.98 Å². The van der Waals surface area contributed by atoms with E-state index < -0.39 is 5.97 Å². The first kappa shape index (κ1) is 15.7. The van der Waals surface area contributed by atoms with Crippen LogP contribution in [0.2, 0.25) is 0 Å². The van der Waals surface area contributed by atoms with Gasteiger partial charge in [0.2, 0.25) is 0 Å². The monoisotopic (exact) mass is 305 g/mol. The molecule has 112 valence electrons. The van der Waals surface area contributed by atoms with Gasteiger partial charge in [-0.3, -0.25) is 0 Å². The minimum Gasteiger partial charge on any atom is -0.476 e. The molecule has 1 aromatic carbocycles. The van der Waals surface area contributed by atoms with Gasteiger partial charge >= 0.3 is 5.97 Å². The summed E-state index contributed by atoms with van der Waals surface area (Å²) < 4.78 is 5.13. The highest BCUT2D eigenvalue weighted by Crippen LogP contribution is 2.36. The lowest BCUT2D eigenvalue weighted by molar-refractivity contribution is 0.0692. The van der Waals surface area contributed by atoms with Crippen LogP contribution in [0.1, 0.15) is 41.8 Å². The first-order valence-electron chi connectivity index (χ1n) is 6.66. The fourth-order valence-corrected chi connectivity index (χ4v) is 3.06. The molecule has 0 aliphatic heterocycles. The van der Waals surface area contributed by atoms with Crippen LogP contribution in [0.4, 0.5) is 0 Å². The van der Waals surface area contributed by atoms with Crippen LogP contribution >= 0.6 is 11.3 Å². The normalized spacial score (nSPS) is 11.6. The molecule has 2 aromatic rings. The van der Waals surface area contributed by atoms with E-state index in [4.69, 9.17) is 4.74 Å². The van der Waals surface area contributed by atoms with E-state index in [9.17, 15) is 9.90 Å². The molecular weight excluding hydrogens is 286 g/mol. The van der Waals surface area contributed by atoms with Crippen LogP contribution in [0.5, 0.6) is 0 Å². The zero-order chi connectivity index (χ0) is 15.6. The SMILES string of the molecule is COCc1cccc(-c2sc(C(C)(C)C)nc2C(=O)O)c1. The Morgan fingerprint density at radius 2 is 2.10 bits per heavy atom. The molecule has 2 rings (SSSR count). The number of nitrogens with zero attached hydrogens (tertiary/aromatic N) is 1. The third-order valence-corrected chi connectivity index (χ3v) is 4.50. The van der Waals surface area contributed by atoms with Gasteiger partial charge < -0.3 is 9.84 Å². The molecule has 0 aliphatic rings. The Labute approximate surface area is 128 Å². The van der Waals surface area contributed by atoms with Gasteiger partial charge in [-0.2, -0.15) is 0 Å². The third kappa shape index (κ3) is 3.49. The Morgan fingerprint density at radius 1 is 1.38 bits per heavy atom. The molecule has 21 heavy (non-hydrogen) atoms. The molecule has 0 spiro atoms. The van der Waals surface area contributed by atoms with Crippen molar-refractivity contribution in [3.8, 4) is 10.4 Å². The number of rotatable bonds is 4. The molecule has 0 radical (unpaired) electrons. The third-order valence-electron chi connectivity index (χ3n) is 2.97. The fourth-order valence-electron chi connectivity index (χ4n) is 1.95. The van der Waals surface area contributed by atoms with Crippen LogP contribution in [0.25, 0.3) is 10.4 Å². The maximum absolute atomic E-state index is 11.5. The molecule has 1 aromatic heterocycles. The number of carboxylic acid groups (broad SMARTS) is 1. The summed E-state index contributed by atoms with van der Waals surface area (Å²) in [7, 11) is 1.64. The van der Waals surface area contributed by atoms with Crippen molar-refractivity contribution in [1.29, 1.82) is 0 Å². The van der Waals surface area contributed by atoms with Gasteiger partial charge in [0.15, 0.2) is 5.69 Å². The number of hydrogen-bond acceptors (Lipinski definition) is 4. The summed E-state index contributed by atoms with van der Waals surface area (Å²) in [5.41, 5.74) is 1.84. The Morgan fingerprint density at radius 3 is 2.67 bits per heavy atom. The zero-order valence-corrected chi connectivity index (χ0v) is 13.5. The second-order valence-electron chi connectivity index (χ2n) is 5.89. The molecule has 0 saturated heterocycles. The van der Waals surface area contributed by atoms with Crippen molar-refractivity contribution < 1.29 is 14.6 Å². The van der Waals surface area contributed by atoms with Crippen LogP contribution in [0.3, 0.4) is 0 Å². The van der Waals surface area contributed by atoms with E-state index in [0.29, 0.717) is 11.5 Å². The number of carboxylic acids is 1. The first-order chi connectivity index (χ1) is 9.82. The zero-order valence-electron chi connectivity index (χ0n) is 12.6. The standard InChI is InChI=1S/C16H19NO3S/c1-16(2,3)15-17-12(14(18)19)13(21-15)11-7-5-6-10(8-11)9-20-4/h5-8H,9H2,1-4H3,(H,18,19). The van der Waals surface area contributed by atoms with Crippen LogP contribution in [0, 0.1) is 0 Å². The van der Waals surface area contributed by atoms with Crippen molar-refractivity contribution in [2.24, 2.45) is 0 Å².